The van der Waals surface area contributed by atoms with Gasteiger partial charge < -0.3 is 15.2 Å². The predicted octanol–water partition coefficient (Wildman–Crippen LogP) is 6.45. The molecular formula is C22H43NO4. The largest absolute Gasteiger partial charge is 0.480 e. The second-order valence-corrected chi connectivity index (χ2v) is 8.57. The van der Waals surface area contributed by atoms with Gasteiger partial charge in [-0.3, -0.25) is 0 Å². The molecule has 0 aromatic heterocycles. The van der Waals surface area contributed by atoms with E-state index in [9.17, 15) is 14.7 Å². The van der Waals surface area contributed by atoms with Gasteiger partial charge >= 0.3 is 12.1 Å². The Bertz CT molecular complexity index is 390. The molecule has 0 aromatic rings. The number of alkyl carbamates (subject to hydrolysis) is 1. The molecular weight excluding hydrogens is 342 g/mol. The van der Waals surface area contributed by atoms with Gasteiger partial charge in [-0.05, 0) is 27.2 Å². The van der Waals surface area contributed by atoms with E-state index < -0.39 is 23.7 Å². The maximum absolute atomic E-state index is 11.7. The molecule has 5 nitrogen and oxygen atoms in total. The minimum atomic E-state index is -1.00. The molecule has 0 aliphatic rings. The fourth-order valence-corrected chi connectivity index (χ4v) is 3.07. The molecule has 0 aliphatic carbocycles. The lowest BCUT2D eigenvalue weighted by molar-refractivity contribution is -0.139. The van der Waals surface area contributed by atoms with Crippen molar-refractivity contribution in [3.63, 3.8) is 0 Å². The van der Waals surface area contributed by atoms with Gasteiger partial charge in [-0.1, -0.05) is 90.4 Å². The van der Waals surface area contributed by atoms with Crippen LogP contribution in [0.25, 0.3) is 0 Å². The summed E-state index contributed by atoms with van der Waals surface area (Å²) in [7, 11) is 0. The van der Waals surface area contributed by atoms with Crippen molar-refractivity contribution in [1.29, 1.82) is 0 Å². The number of carboxylic acid groups (broad SMARTS) is 1. The molecule has 0 bridgehead atoms. The van der Waals surface area contributed by atoms with E-state index in [-0.39, 0.29) is 0 Å². The smallest absolute Gasteiger partial charge is 0.408 e. The van der Waals surface area contributed by atoms with Crippen LogP contribution in [0.2, 0.25) is 0 Å². The summed E-state index contributed by atoms with van der Waals surface area (Å²) in [5, 5.41) is 11.7. The summed E-state index contributed by atoms with van der Waals surface area (Å²) in [6, 6.07) is -0.868. The van der Waals surface area contributed by atoms with Gasteiger partial charge in [0.2, 0.25) is 0 Å². The Labute approximate surface area is 166 Å². The predicted molar refractivity (Wildman–Crippen MR) is 111 cm³/mol. The van der Waals surface area contributed by atoms with E-state index in [4.69, 9.17) is 4.74 Å². The van der Waals surface area contributed by atoms with E-state index in [2.05, 4.69) is 12.2 Å². The molecule has 1 amide bonds. The van der Waals surface area contributed by atoms with Crippen LogP contribution >= 0.6 is 0 Å². The van der Waals surface area contributed by atoms with Gasteiger partial charge in [0.15, 0.2) is 0 Å². The second-order valence-electron chi connectivity index (χ2n) is 8.57. The normalized spacial score (nSPS) is 12.6. The molecule has 0 rings (SSSR count). The molecule has 0 saturated carbocycles. The van der Waals surface area contributed by atoms with Crippen molar-refractivity contribution in [1.82, 2.24) is 5.32 Å². The van der Waals surface area contributed by atoms with Crippen molar-refractivity contribution in [2.24, 2.45) is 0 Å². The SMILES string of the molecule is CCCCCCCCCCCCCCCC(NC(=O)OC(C)(C)C)C(=O)O. The molecule has 1 unspecified atom stereocenters. The molecule has 0 saturated heterocycles. The van der Waals surface area contributed by atoms with E-state index >= 15 is 0 Å². The molecule has 1 atom stereocenters. The molecule has 0 aliphatic heterocycles. The Morgan fingerprint density at radius 3 is 1.59 bits per heavy atom. The first-order chi connectivity index (χ1) is 12.8. The Morgan fingerprint density at radius 2 is 1.22 bits per heavy atom. The van der Waals surface area contributed by atoms with E-state index in [1.807, 2.05) is 0 Å². The second kappa shape index (κ2) is 15.8. The number of amides is 1. The third-order valence-electron chi connectivity index (χ3n) is 4.59. The number of carboxylic acids is 1. The summed E-state index contributed by atoms with van der Waals surface area (Å²) >= 11 is 0. The Kier molecular flexibility index (Phi) is 15.0. The van der Waals surface area contributed by atoms with Crippen molar-refractivity contribution in [3.05, 3.63) is 0 Å². The van der Waals surface area contributed by atoms with Crippen LogP contribution in [0.15, 0.2) is 0 Å². The third-order valence-corrected chi connectivity index (χ3v) is 4.59. The Morgan fingerprint density at radius 1 is 0.815 bits per heavy atom. The topological polar surface area (TPSA) is 75.6 Å². The summed E-state index contributed by atoms with van der Waals surface area (Å²) in [5.41, 5.74) is -0.622. The minimum Gasteiger partial charge on any atom is -0.480 e. The summed E-state index contributed by atoms with van der Waals surface area (Å²) in [4.78, 5) is 23.0. The summed E-state index contributed by atoms with van der Waals surface area (Å²) in [5.74, 6) is -1.00. The van der Waals surface area contributed by atoms with Gasteiger partial charge in [-0.25, -0.2) is 9.59 Å². The third kappa shape index (κ3) is 17.9. The van der Waals surface area contributed by atoms with Crippen LogP contribution in [0.4, 0.5) is 4.79 Å². The average Bonchev–Trinajstić information content (AvgIpc) is 2.56. The van der Waals surface area contributed by atoms with E-state index in [1.54, 1.807) is 20.8 Å². The van der Waals surface area contributed by atoms with Crippen LogP contribution in [-0.2, 0) is 9.53 Å². The first-order valence-corrected chi connectivity index (χ1v) is 11.0. The van der Waals surface area contributed by atoms with Crippen LogP contribution in [-0.4, -0.2) is 28.8 Å². The van der Waals surface area contributed by atoms with Crippen molar-refractivity contribution in [2.45, 2.75) is 129 Å². The van der Waals surface area contributed by atoms with Gasteiger partial charge in [0.1, 0.15) is 11.6 Å². The summed E-state index contributed by atoms with van der Waals surface area (Å²) in [6.07, 6.45) is 16.1. The first kappa shape index (κ1) is 25.7. The number of aliphatic carboxylic acids is 1. The highest BCUT2D eigenvalue weighted by Crippen LogP contribution is 2.14. The van der Waals surface area contributed by atoms with Crippen LogP contribution in [0.1, 0.15) is 118 Å². The van der Waals surface area contributed by atoms with E-state index in [1.165, 1.54) is 64.2 Å². The number of rotatable bonds is 16. The van der Waals surface area contributed by atoms with Gasteiger partial charge in [0, 0.05) is 0 Å². The van der Waals surface area contributed by atoms with Crippen molar-refractivity contribution >= 4 is 12.1 Å². The van der Waals surface area contributed by atoms with Gasteiger partial charge in [-0.15, -0.1) is 0 Å². The van der Waals surface area contributed by atoms with E-state index in [0.29, 0.717) is 6.42 Å². The molecule has 0 aromatic carbocycles. The molecule has 2 N–H and O–H groups in total. The van der Waals surface area contributed by atoms with Crippen molar-refractivity contribution < 1.29 is 19.4 Å². The zero-order valence-electron chi connectivity index (χ0n) is 18.1. The first-order valence-electron chi connectivity index (χ1n) is 11.0. The maximum atomic E-state index is 11.7. The minimum absolute atomic E-state index is 0.451. The number of carbonyl (C=O) groups excluding carboxylic acids is 1. The van der Waals surface area contributed by atoms with Crippen molar-refractivity contribution in [3.8, 4) is 0 Å². The Balaban J connectivity index is 3.62. The molecule has 0 radical (unpaired) electrons. The summed E-state index contributed by atoms with van der Waals surface area (Å²) < 4.78 is 5.12. The molecule has 160 valence electrons. The zero-order valence-corrected chi connectivity index (χ0v) is 18.1. The monoisotopic (exact) mass is 385 g/mol. The number of ether oxygens (including phenoxy) is 1. The fourth-order valence-electron chi connectivity index (χ4n) is 3.07. The van der Waals surface area contributed by atoms with Gasteiger partial charge in [0.05, 0.1) is 0 Å². The highest BCUT2D eigenvalue weighted by Gasteiger charge is 2.23. The molecule has 27 heavy (non-hydrogen) atoms. The number of unbranched alkanes of at least 4 members (excludes halogenated alkanes) is 12. The summed E-state index contributed by atoms with van der Waals surface area (Å²) in [6.45, 7) is 7.53. The highest BCUT2D eigenvalue weighted by molar-refractivity contribution is 5.79. The van der Waals surface area contributed by atoms with Crippen LogP contribution in [0.5, 0.6) is 0 Å². The van der Waals surface area contributed by atoms with Gasteiger partial charge in [0.25, 0.3) is 0 Å². The molecule has 0 spiro atoms. The number of hydrogen-bond donors (Lipinski definition) is 2. The standard InChI is InChI=1S/C22H43NO4/c1-5-6-7-8-9-10-11-12-13-14-15-16-17-18-19(20(24)25)23-21(26)27-22(2,3)4/h19H,5-18H2,1-4H3,(H,23,26)(H,24,25). The number of carbonyl (C=O) groups is 2. The van der Waals surface area contributed by atoms with Crippen LogP contribution < -0.4 is 5.32 Å². The Hall–Kier alpha value is -1.26. The van der Waals surface area contributed by atoms with Gasteiger partial charge in [-0.2, -0.15) is 0 Å². The maximum Gasteiger partial charge on any atom is 0.408 e. The van der Waals surface area contributed by atoms with Crippen molar-refractivity contribution in [2.75, 3.05) is 0 Å². The quantitative estimate of drug-likeness (QED) is 0.299. The van der Waals surface area contributed by atoms with Crippen LogP contribution in [0, 0.1) is 0 Å². The lowest BCUT2D eigenvalue weighted by Crippen LogP contribution is -2.43. The average molecular weight is 386 g/mol. The number of hydrogen-bond acceptors (Lipinski definition) is 3. The molecule has 0 fully saturated rings. The fraction of sp³-hybridized carbons (Fsp3) is 0.909. The lowest BCUT2D eigenvalue weighted by atomic mass is 10.0. The van der Waals surface area contributed by atoms with E-state index in [0.717, 1.165) is 19.3 Å². The number of nitrogens with one attached hydrogen (secondary N) is 1. The lowest BCUT2D eigenvalue weighted by Gasteiger charge is -2.22. The molecule has 5 heteroatoms. The zero-order chi connectivity index (χ0) is 20.5. The van der Waals surface area contributed by atoms with Crippen LogP contribution in [0.3, 0.4) is 0 Å². The highest BCUT2D eigenvalue weighted by atomic mass is 16.6. The molecule has 0 heterocycles.